The van der Waals surface area contributed by atoms with E-state index in [1.54, 1.807) is 6.08 Å². The van der Waals surface area contributed by atoms with Crippen LogP contribution in [-0.2, 0) is 6.61 Å². The molecule has 0 bridgehead atoms. The van der Waals surface area contributed by atoms with Crippen molar-refractivity contribution in [3.63, 3.8) is 0 Å². The summed E-state index contributed by atoms with van der Waals surface area (Å²) >= 11 is 0. The van der Waals surface area contributed by atoms with Crippen molar-refractivity contribution in [2.75, 3.05) is 0 Å². The number of benzene rings is 2. The van der Waals surface area contributed by atoms with Gasteiger partial charge in [0.15, 0.2) is 0 Å². The van der Waals surface area contributed by atoms with Crippen molar-refractivity contribution >= 4 is 5.76 Å². The molecule has 0 aromatic heterocycles. The van der Waals surface area contributed by atoms with E-state index >= 15 is 0 Å². The average Bonchev–Trinajstić information content (AvgIpc) is 3.15. The van der Waals surface area contributed by atoms with Crippen molar-refractivity contribution in [3.05, 3.63) is 107 Å². The Morgan fingerprint density at radius 2 is 1.68 bits per heavy atom. The third-order valence-electron chi connectivity index (χ3n) is 4.23. The van der Waals surface area contributed by atoms with Gasteiger partial charge in [-0.25, -0.2) is 0 Å². The van der Waals surface area contributed by atoms with E-state index in [0.29, 0.717) is 17.9 Å². The van der Waals surface area contributed by atoms with Crippen molar-refractivity contribution in [1.82, 2.24) is 0 Å². The summed E-state index contributed by atoms with van der Waals surface area (Å²) in [6.07, 6.45) is 11.6. The van der Waals surface area contributed by atoms with Crippen molar-refractivity contribution in [2.24, 2.45) is 0 Å². The Morgan fingerprint density at radius 1 is 1.00 bits per heavy atom. The monoisotopic (exact) mass is 330 g/mol. The van der Waals surface area contributed by atoms with Crippen LogP contribution in [0.2, 0.25) is 0 Å². The zero-order valence-electron chi connectivity index (χ0n) is 14.6. The number of ether oxygens (including phenoxy) is 1. The zero-order chi connectivity index (χ0) is 17.6. The van der Waals surface area contributed by atoms with Crippen molar-refractivity contribution in [2.45, 2.75) is 20.5 Å². The van der Waals surface area contributed by atoms with Gasteiger partial charge in [-0.3, -0.25) is 0 Å². The number of allylic oxidation sites excluding steroid dienone is 7. The Hall–Kier alpha value is -3.00. The third-order valence-corrected chi connectivity index (χ3v) is 4.23. The lowest BCUT2D eigenvalue weighted by Crippen LogP contribution is -2.00. The van der Waals surface area contributed by atoms with Crippen LogP contribution < -0.4 is 4.74 Å². The second-order valence-corrected chi connectivity index (χ2v) is 6.14. The molecule has 0 atom stereocenters. The molecule has 0 aliphatic heterocycles. The molecule has 0 saturated heterocycles. The average molecular weight is 330 g/mol. The summed E-state index contributed by atoms with van der Waals surface area (Å²) in [7, 11) is 0. The van der Waals surface area contributed by atoms with Gasteiger partial charge in [-0.2, -0.15) is 0 Å². The molecule has 126 valence electrons. The van der Waals surface area contributed by atoms with E-state index in [1.807, 2.05) is 86.7 Å². The van der Waals surface area contributed by atoms with E-state index < -0.39 is 0 Å². The third kappa shape index (κ3) is 4.30. The first-order valence-electron chi connectivity index (χ1n) is 8.37. The van der Waals surface area contributed by atoms with E-state index in [2.05, 4.69) is 0 Å². The first-order valence-corrected chi connectivity index (χ1v) is 8.37. The lowest BCUT2D eigenvalue weighted by Gasteiger charge is -2.14. The van der Waals surface area contributed by atoms with Crippen LogP contribution in [0.1, 0.15) is 22.3 Å². The van der Waals surface area contributed by atoms with Crippen LogP contribution >= 0.6 is 0 Å². The highest BCUT2D eigenvalue weighted by molar-refractivity contribution is 5.68. The number of aryl methyl sites for hydroxylation is 2. The summed E-state index contributed by atoms with van der Waals surface area (Å²) in [5, 5.41) is 10.6. The topological polar surface area (TPSA) is 29.5 Å². The van der Waals surface area contributed by atoms with Gasteiger partial charge in [0.2, 0.25) is 0 Å². The maximum atomic E-state index is 10.6. The van der Waals surface area contributed by atoms with E-state index in [1.165, 1.54) is 0 Å². The fourth-order valence-corrected chi connectivity index (χ4v) is 2.61. The summed E-state index contributed by atoms with van der Waals surface area (Å²) < 4.78 is 6.00. The highest BCUT2D eigenvalue weighted by atomic mass is 16.5. The first kappa shape index (κ1) is 16.8. The summed E-state index contributed by atoms with van der Waals surface area (Å²) in [5.74, 6) is 0.893. The minimum absolute atomic E-state index is 0.201. The molecule has 25 heavy (non-hydrogen) atoms. The van der Waals surface area contributed by atoms with Crippen LogP contribution in [-0.4, -0.2) is 5.11 Å². The Labute approximate surface area is 149 Å². The fourth-order valence-electron chi connectivity index (χ4n) is 2.61. The van der Waals surface area contributed by atoms with Gasteiger partial charge in [-0.15, -0.1) is 0 Å². The number of aliphatic hydroxyl groups excluding tert-OH is 1. The van der Waals surface area contributed by atoms with Gasteiger partial charge < -0.3 is 9.84 Å². The molecule has 0 unspecified atom stereocenters. The van der Waals surface area contributed by atoms with Gasteiger partial charge in [0.05, 0.1) is 5.56 Å². The van der Waals surface area contributed by atoms with Crippen LogP contribution in [0.25, 0.3) is 5.76 Å². The molecular weight excluding hydrogens is 308 g/mol. The molecule has 1 N–H and O–H groups in total. The van der Waals surface area contributed by atoms with Gasteiger partial charge >= 0.3 is 0 Å². The van der Waals surface area contributed by atoms with Gasteiger partial charge in [-0.1, -0.05) is 60.7 Å². The minimum atomic E-state index is 0.201. The Bertz CT molecular complexity index is 854. The van der Waals surface area contributed by atoms with Crippen molar-refractivity contribution in [3.8, 4) is 5.75 Å². The molecule has 0 saturated carbocycles. The van der Waals surface area contributed by atoms with Gasteiger partial charge in [-0.05, 0) is 54.3 Å². The zero-order valence-corrected chi connectivity index (χ0v) is 14.6. The van der Waals surface area contributed by atoms with Crippen molar-refractivity contribution < 1.29 is 9.84 Å². The second kappa shape index (κ2) is 7.71. The van der Waals surface area contributed by atoms with Gasteiger partial charge in [0.25, 0.3) is 0 Å². The number of hydrogen-bond donors (Lipinski definition) is 1. The molecule has 2 aromatic carbocycles. The van der Waals surface area contributed by atoms with E-state index in [0.717, 1.165) is 22.3 Å². The summed E-state index contributed by atoms with van der Waals surface area (Å²) in [5.41, 5.74) is 5.12. The summed E-state index contributed by atoms with van der Waals surface area (Å²) in [4.78, 5) is 0. The maximum absolute atomic E-state index is 10.6. The normalized spacial score (nSPS) is 13.4. The fraction of sp³-hybridized carbons (Fsp3) is 0.130. The largest absolute Gasteiger partial charge is 0.507 e. The molecule has 1 aliphatic carbocycles. The molecule has 3 rings (SSSR count). The predicted molar refractivity (Wildman–Crippen MR) is 104 cm³/mol. The second-order valence-electron chi connectivity index (χ2n) is 6.14. The van der Waals surface area contributed by atoms with Crippen LogP contribution in [0.5, 0.6) is 5.75 Å². The Kier molecular flexibility index (Phi) is 5.20. The lowest BCUT2D eigenvalue weighted by molar-refractivity contribution is 0.303. The maximum Gasteiger partial charge on any atom is 0.131 e. The SMILES string of the molecule is Cc1cc(OCc2ccccc2)c(/C(O)=C/C=C2C=CC=C2)cc1C. The predicted octanol–water partition coefficient (Wildman–Crippen LogP) is 5.83. The molecule has 1 aliphatic rings. The Balaban J connectivity index is 1.87. The highest BCUT2D eigenvalue weighted by Gasteiger charge is 2.11. The lowest BCUT2D eigenvalue weighted by atomic mass is 10.0. The number of hydrogen-bond acceptors (Lipinski definition) is 2. The van der Waals surface area contributed by atoms with Crippen LogP contribution in [0, 0.1) is 13.8 Å². The minimum Gasteiger partial charge on any atom is -0.507 e. The quantitative estimate of drug-likeness (QED) is 0.699. The van der Waals surface area contributed by atoms with Crippen LogP contribution in [0.15, 0.2) is 84.5 Å². The molecule has 2 aromatic rings. The summed E-state index contributed by atoms with van der Waals surface area (Å²) in [6, 6.07) is 14.0. The highest BCUT2D eigenvalue weighted by Crippen LogP contribution is 2.29. The van der Waals surface area contributed by atoms with Crippen LogP contribution in [0.4, 0.5) is 0 Å². The molecule has 0 fully saturated rings. The molecule has 0 spiro atoms. The van der Waals surface area contributed by atoms with Gasteiger partial charge in [0, 0.05) is 0 Å². The first-order chi connectivity index (χ1) is 12.1. The van der Waals surface area contributed by atoms with Crippen LogP contribution in [0.3, 0.4) is 0 Å². The summed E-state index contributed by atoms with van der Waals surface area (Å²) in [6.45, 7) is 4.55. The van der Waals surface area contributed by atoms with Crippen molar-refractivity contribution in [1.29, 1.82) is 0 Å². The van der Waals surface area contributed by atoms with E-state index in [9.17, 15) is 5.11 Å². The number of aliphatic hydroxyl groups is 1. The van der Waals surface area contributed by atoms with E-state index in [4.69, 9.17) is 4.74 Å². The molecule has 2 nitrogen and oxygen atoms in total. The molecule has 0 amide bonds. The Morgan fingerprint density at radius 3 is 2.40 bits per heavy atom. The molecular formula is C23H22O2. The molecule has 2 heteroatoms. The molecule has 0 heterocycles. The smallest absolute Gasteiger partial charge is 0.131 e. The number of rotatable bonds is 5. The van der Waals surface area contributed by atoms with E-state index in [-0.39, 0.29) is 5.76 Å². The molecule has 0 radical (unpaired) electrons. The van der Waals surface area contributed by atoms with Gasteiger partial charge in [0.1, 0.15) is 18.1 Å². The standard InChI is InChI=1S/C23H22O2/c1-17-14-21(22(24)13-12-19-8-6-7-9-19)23(15-18(17)2)25-16-20-10-4-3-5-11-20/h3-15,24H,16H2,1-2H3/b22-13-.